The molecule has 0 unspecified atom stereocenters. The van der Waals surface area contributed by atoms with Crippen LogP contribution in [0.3, 0.4) is 0 Å². The largest absolute Gasteiger partial charge is 0.494 e. The number of unbranched alkanes of at least 4 members (excludes halogenated alkanes) is 2. The number of ether oxygens (including phenoxy) is 12. The first kappa shape index (κ1) is 71.7. The van der Waals surface area contributed by atoms with E-state index in [0.29, 0.717) is 63.6 Å². The third kappa shape index (κ3) is 26.3. The molecule has 4 aromatic rings. The lowest BCUT2D eigenvalue weighted by Gasteiger charge is -2.26. The molecule has 0 atom stereocenters. The van der Waals surface area contributed by atoms with Crippen LogP contribution in [-0.2, 0) is 47.6 Å². The molecule has 20 nitrogen and oxygen atoms in total. The Balaban J connectivity index is 0.00000388. The first-order valence-corrected chi connectivity index (χ1v) is 28.5. The van der Waals surface area contributed by atoms with Crippen molar-refractivity contribution in [2.24, 2.45) is 11.8 Å². The van der Waals surface area contributed by atoms with E-state index in [9.17, 15) is 38.4 Å². The van der Waals surface area contributed by atoms with Gasteiger partial charge in [0.05, 0.1) is 62.6 Å². The Bertz CT molecular complexity index is 2490. The van der Waals surface area contributed by atoms with Crippen LogP contribution < -0.4 is 28.4 Å². The lowest BCUT2D eigenvalue weighted by atomic mass is 9.82. The van der Waals surface area contributed by atoms with Gasteiger partial charge in [0.15, 0.2) is 0 Å². The van der Waals surface area contributed by atoms with Gasteiger partial charge in [-0.15, -0.1) is 0 Å². The van der Waals surface area contributed by atoms with E-state index in [-0.39, 0.29) is 111 Å². The number of esters is 8. The fraction of sp³-hybridized carbons (Fsp3) is 0.438. The standard InChI is InChI=1S/C58H64O20.3C2H6/c1-5-51(59)71-31-11-9-29-69-43-21-17-41(18-22-43)55(63)77-49-27-25-45(37-47(49)57(65)73-35-33-67-7-3)75-53(61)39-13-15-40(16-14-39)54(62)76-46-26-28-50(48(38-46)58(66)74-36-34-68-8-4)78-56(64)42-19-23-44(24-20-42)70-30-10-12-32-72-52(60)6-2;3*1-2/h5-6,17-28,37-40H,1-2,7-16,29-36H2,3-4H3;3*1-2H3. The molecule has 0 bridgehead atoms. The molecule has 0 amide bonds. The number of rotatable bonds is 32. The average Bonchev–Trinajstić information content (AvgIpc) is 3.64. The van der Waals surface area contributed by atoms with Gasteiger partial charge in [-0.25, -0.2) is 28.8 Å². The maximum atomic E-state index is 13.5. The fourth-order valence-electron chi connectivity index (χ4n) is 7.38. The zero-order valence-electron chi connectivity index (χ0n) is 49.7. The van der Waals surface area contributed by atoms with Gasteiger partial charge in [0.25, 0.3) is 0 Å². The predicted molar refractivity (Wildman–Crippen MR) is 312 cm³/mol. The van der Waals surface area contributed by atoms with Crippen molar-refractivity contribution in [2.45, 2.75) is 107 Å². The summed E-state index contributed by atoms with van der Waals surface area (Å²) >= 11 is 0. The van der Waals surface area contributed by atoms with Crippen molar-refractivity contribution in [1.29, 1.82) is 0 Å². The van der Waals surface area contributed by atoms with Gasteiger partial charge in [0.2, 0.25) is 0 Å². The van der Waals surface area contributed by atoms with Crippen molar-refractivity contribution in [3.8, 4) is 34.5 Å². The Morgan fingerprint density at radius 1 is 0.405 bits per heavy atom. The third-order valence-electron chi connectivity index (χ3n) is 11.5. The molecule has 1 fully saturated rings. The van der Waals surface area contributed by atoms with Crippen LogP contribution in [0.2, 0.25) is 0 Å². The average molecular weight is 1170 g/mol. The van der Waals surface area contributed by atoms with Crippen LogP contribution in [0.5, 0.6) is 34.5 Å². The van der Waals surface area contributed by atoms with Crippen LogP contribution in [0, 0.1) is 11.8 Å². The number of benzene rings is 4. The topological polar surface area (TPSA) is 247 Å². The SMILES string of the molecule is C=CC(=O)OCCCCOc1ccc(C(=O)Oc2ccc(OC(=O)C3CCC(C(=O)Oc4ccc(OC(=O)c5ccc(OCCCCOC(=O)C=C)cc5)c(C(=O)OCCOCC)c4)CC3)cc2C(=O)OCCOCC)cc1.CC.CC.CC. The van der Waals surface area contributed by atoms with Crippen LogP contribution in [0.1, 0.15) is 148 Å². The van der Waals surface area contributed by atoms with E-state index in [1.54, 1.807) is 38.1 Å². The highest BCUT2D eigenvalue weighted by atomic mass is 16.6. The van der Waals surface area contributed by atoms with E-state index in [2.05, 4.69) is 13.2 Å². The Morgan fingerprint density at radius 2 is 0.738 bits per heavy atom. The zero-order valence-corrected chi connectivity index (χ0v) is 49.7. The zero-order chi connectivity index (χ0) is 62.1. The van der Waals surface area contributed by atoms with Crippen molar-refractivity contribution in [3.63, 3.8) is 0 Å². The number of hydrogen-bond donors (Lipinski definition) is 0. The summed E-state index contributed by atoms with van der Waals surface area (Å²) in [5.74, 6) is -6.09. The van der Waals surface area contributed by atoms with Crippen molar-refractivity contribution in [2.75, 3.05) is 66.1 Å². The summed E-state index contributed by atoms with van der Waals surface area (Å²) < 4.78 is 65.3. The highest BCUT2D eigenvalue weighted by molar-refractivity contribution is 5.98. The Morgan fingerprint density at radius 3 is 1.07 bits per heavy atom. The van der Waals surface area contributed by atoms with E-state index in [1.807, 2.05) is 41.5 Å². The second-order valence-corrected chi connectivity index (χ2v) is 17.1. The van der Waals surface area contributed by atoms with Gasteiger partial charge in [-0.3, -0.25) is 9.59 Å². The van der Waals surface area contributed by atoms with Crippen LogP contribution in [-0.4, -0.2) is 114 Å². The van der Waals surface area contributed by atoms with Gasteiger partial charge in [-0.1, -0.05) is 54.7 Å². The molecule has 84 heavy (non-hydrogen) atoms. The molecular weight excluding hydrogens is 1090 g/mol. The third-order valence-corrected chi connectivity index (χ3v) is 11.5. The molecule has 1 aliphatic carbocycles. The second-order valence-electron chi connectivity index (χ2n) is 17.1. The van der Waals surface area contributed by atoms with Gasteiger partial charge in [0, 0.05) is 25.4 Å². The summed E-state index contributed by atoms with van der Waals surface area (Å²) in [5, 5.41) is 0. The monoisotopic (exact) mass is 1170 g/mol. The minimum atomic E-state index is -0.858. The normalized spacial score (nSPS) is 12.9. The van der Waals surface area contributed by atoms with Crippen molar-refractivity contribution < 1.29 is 95.2 Å². The molecule has 0 radical (unpaired) electrons. The van der Waals surface area contributed by atoms with E-state index < -0.39 is 59.6 Å². The Hall–Kier alpha value is -8.36. The molecular formula is C64H82O20. The quantitative estimate of drug-likeness (QED) is 0.0145. The summed E-state index contributed by atoms with van der Waals surface area (Å²) in [6.07, 6.45) is 5.61. The van der Waals surface area contributed by atoms with E-state index in [0.717, 1.165) is 12.2 Å². The summed E-state index contributed by atoms with van der Waals surface area (Å²) in [6, 6.07) is 20.2. The number of carbonyl (C=O) groups is 8. The maximum absolute atomic E-state index is 13.5. The summed E-state index contributed by atoms with van der Waals surface area (Å²) in [5.41, 5.74) is -0.0589. The fourth-order valence-corrected chi connectivity index (χ4v) is 7.38. The molecule has 0 N–H and O–H groups in total. The van der Waals surface area contributed by atoms with Crippen molar-refractivity contribution >= 4 is 47.8 Å². The molecule has 458 valence electrons. The lowest BCUT2D eigenvalue weighted by molar-refractivity contribution is -0.145. The van der Waals surface area contributed by atoms with Crippen LogP contribution in [0.25, 0.3) is 0 Å². The molecule has 1 saturated carbocycles. The predicted octanol–water partition coefficient (Wildman–Crippen LogP) is 11.7. The minimum Gasteiger partial charge on any atom is -0.494 e. The van der Waals surface area contributed by atoms with E-state index in [1.165, 1.54) is 60.7 Å². The van der Waals surface area contributed by atoms with Crippen molar-refractivity contribution in [3.05, 3.63) is 132 Å². The molecule has 4 aromatic carbocycles. The van der Waals surface area contributed by atoms with Crippen LogP contribution in [0.15, 0.2) is 110 Å². The summed E-state index contributed by atoms with van der Waals surface area (Å²) in [7, 11) is 0. The highest BCUT2D eigenvalue weighted by Crippen LogP contribution is 2.34. The van der Waals surface area contributed by atoms with E-state index in [4.69, 9.17) is 56.8 Å². The number of carbonyl (C=O) groups excluding carboxylic acids is 8. The molecule has 0 saturated heterocycles. The van der Waals surface area contributed by atoms with Gasteiger partial charge < -0.3 is 56.8 Å². The molecule has 0 spiro atoms. The molecule has 1 aliphatic rings. The smallest absolute Gasteiger partial charge is 0.343 e. The highest BCUT2D eigenvalue weighted by Gasteiger charge is 2.33. The molecule has 0 heterocycles. The first-order valence-electron chi connectivity index (χ1n) is 28.5. The lowest BCUT2D eigenvalue weighted by Crippen LogP contribution is -2.30. The minimum absolute atomic E-state index is 0.0161. The molecule has 0 aliphatic heterocycles. The summed E-state index contributed by atoms with van der Waals surface area (Å²) in [6.45, 7) is 24.3. The molecule has 0 aromatic heterocycles. The van der Waals surface area contributed by atoms with Gasteiger partial charge in [-0.2, -0.15) is 0 Å². The maximum Gasteiger partial charge on any atom is 0.343 e. The Labute approximate surface area is 492 Å². The van der Waals surface area contributed by atoms with Gasteiger partial charge >= 0.3 is 47.8 Å². The van der Waals surface area contributed by atoms with Crippen LogP contribution in [0.4, 0.5) is 0 Å². The summed E-state index contributed by atoms with van der Waals surface area (Å²) in [4.78, 5) is 103. The Kier molecular flexibility index (Phi) is 36.3. The number of hydrogen-bond acceptors (Lipinski definition) is 20. The van der Waals surface area contributed by atoms with Gasteiger partial charge in [0.1, 0.15) is 58.8 Å². The van der Waals surface area contributed by atoms with Crippen molar-refractivity contribution in [1.82, 2.24) is 0 Å². The second kappa shape index (κ2) is 42.5. The van der Waals surface area contributed by atoms with Gasteiger partial charge in [-0.05, 0) is 150 Å². The van der Waals surface area contributed by atoms with E-state index >= 15 is 0 Å². The molecule has 5 rings (SSSR count). The molecule has 20 heteroatoms. The first-order chi connectivity index (χ1) is 40.8. The van der Waals surface area contributed by atoms with Crippen LogP contribution >= 0.6 is 0 Å².